The normalized spacial score (nSPS) is 12.5. The molecule has 0 unspecified atom stereocenters. The smallest absolute Gasteiger partial charge is 0.416 e. The lowest BCUT2D eigenvalue weighted by molar-refractivity contribution is -0.137. The number of carbonyl (C=O) groups excluding carboxylic acids is 1. The Hall–Kier alpha value is -4.59. The molecule has 2 aromatic carbocycles. The van der Waals surface area contributed by atoms with Gasteiger partial charge in [0, 0.05) is 24.0 Å². The Morgan fingerprint density at radius 2 is 2.05 bits per heavy atom. The quantitative estimate of drug-likeness (QED) is 0.245. The van der Waals surface area contributed by atoms with Gasteiger partial charge in [0.1, 0.15) is 23.9 Å². The summed E-state index contributed by atoms with van der Waals surface area (Å²) in [5.41, 5.74) is 7.43. The molecule has 14 heteroatoms. The lowest BCUT2D eigenvalue weighted by Gasteiger charge is -2.12. The van der Waals surface area contributed by atoms with E-state index in [1.807, 2.05) is 13.0 Å². The Morgan fingerprint density at radius 1 is 1.23 bits per heavy atom. The highest BCUT2D eigenvalue weighted by molar-refractivity contribution is 7.14. The van der Waals surface area contributed by atoms with Gasteiger partial charge in [-0.2, -0.15) is 18.2 Å². The number of alkyl halides is 3. The molecule has 0 aliphatic carbocycles. The monoisotopic (exact) mass is 571 g/mol. The first-order valence-electron chi connectivity index (χ1n) is 12.1. The molecule has 1 aliphatic rings. The van der Waals surface area contributed by atoms with E-state index < -0.39 is 23.2 Å². The summed E-state index contributed by atoms with van der Waals surface area (Å²) in [5.74, 6) is 0.723. The second kappa shape index (κ2) is 10.9. The van der Waals surface area contributed by atoms with Gasteiger partial charge in [-0.15, -0.1) is 11.3 Å². The van der Waals surface area contributed by atoms with Gasteiger partial charge in [0.25, 0.3) is 5.56 Å². The van der Waals surface area contributed by atoms with Crippen molar-refractivity contribution in [2.24, 2.45) is 0 Å². The highest BCUT2D eigenvalue weighted by atomic mass is 32.1. The van der Waals surface area contributed by atoms with Crippen LogP contribution in [0.2, 0.25) is 0 Å². The van der Waals surface area contributed by atoms with Crippen molar-refractivity contribution in [1.82, 2.24) is 14.5 Å². The Bertz CT molecular complexity index is 1630. The summed E-state index contributed by atoms with van der Waals surface area (Å²) in [4.78, 5) is 33.1. The fourth-order valence-corrected chi connectivity index (χ4v) is 4.88. The van der Waals surface area contributed by atoms with E-state index in [4.69, 9.17) is 10.5 Å². The predicted octanol–water partition coefficient (Wildman–Crippen LogP) is 4.33. The van der Waals surface area contributed by atoms with Gasteiger partial charge in [-0.1, -0.05) is 12.1 Å². The summed E-state index contributed by atoms with van der Waals surface area (Å²) in [7, 11) is 0. The lowest BCUT2D eigenvalue weighted by atomic mass is 10.1. The van der Waals surface area contributed by atoms with Gasteiger partial charge in [-0.3, -0.25) is 14.2 Å². The van der Waals surface area contributed by atoms with Crippen molar-refractivity contribution >= 4 is 39.8 Å². The molecule has 0 spiro atoms. The number of halogens is 3. The molecule has 0 saturated heterocycles. The topological polar surface area (TPSA) is 136 Å². The van der Waals surface area contributed by atoms with Crippen LogP contribution in [-0.2, 0) is 24.1 Å². The number of thiazole rings is 1. The number of aryl methyl sites for hydroxylation is 1. The summed E-state index contributed by atoms with van der Waals surface area (Å²) in [6, 6.07) is 10.4. The van der Waals surface area contributed by atoms with Crippen molar-refractivity contribution in [2.75, 3.05) is 34.8 Å². The molecule has 1 aliphatic heterocycles. The van der Waals surface area contributed by atoms with Crippen LogP contribution in [0, 0.1) is 6.92 Å². The molecule has 10 nitrogen and oxygen atoms in total. The number of ether oxygens (including phenoxy) is 1. The van der Waals surface area contributed by atoms with E-state index in [1.165, 1.54) is 17.4 Å². The average Bonchev–Trinajstić information content (AvgIpc) is 3.57. The number of benzene rings is 2. The SMILES string of the molecule is Cc1cc(-c2csc(NC(=O)CNc3c(N)n4c(nc3=O)NCC4)n2)ccc1OCc1cccc(C(F)(F)F)c1. The summed E-state index contributed by atoms with van der Waals surface area (Å²) >= 11 is 1.23. The zero-order chi connectivity index (χ0) is 28.4. The third-order valence-corrected chi connectivity index (χ3v) is 6.90. The largest absolute Gasteiger partial charge is 0.489 e. The van der Waals surface area contributed by atoms with Crippen molar-refractivity contribution in [3.05, 3.63) is 74.9 Å². The van der Waals surface area contributed by atoms with E-state index >= 15 is 0 Å². The molecule has 0 radical (unpaired) electrons. The van der Waals surface area contributed by atoms with E-state index in [9.17, 15) is 22.8 Å². The number of aromatic nitrogens is 3. The second-order valence-corrected chi connectivity index (χ2v) is 9.84. The minimum Gasteiger partial charge on any atom is -0.489 e. The fraction of sp³-hybridized carbons (Fsp3) is 0.231. The van der Waals surface area contributed by atoms with Gasteiger partial charge in [-0.05, 0) is 48.4 Å². The van der Waals surface area contributed by atoms with Crippen LogP contribution < -0.4 is 32.0 Å². The van der Waals surface area contributed by atoms with E-state index in [1.54, 1.807) is 28.1 Å². The molecule has 0 saturated carbocycles. The van der Waals surface area contributed by atoms with Gasteiger partial charge >= 0.3 is 6.18 Å². The maximum atomic E-state index is 13.0. The van der Waals surface area contributed by atoms with Crippen molar-refractivity contribution in [1.29, 1.82) is 0 Å². The van der Waals surface area contributed by atoms with Crippen LogP contribution in [0.15, 0.2) is 52.6 Å². The Labute approximate surface area is 230 Å². The molecule has 1 amide bonds. The van der Waals surface area contributed by atoms with Crippen LogP contribution in [0.5, 0.6) is 5.75 Å². The number of hydrogen-bond donors (Lipinski definition) is 4. The number of nitrogens with one attached hydrogen (secondary N) is 3. The number of amides is 1. The van der Waals surface area contributed by atoms with Crippen LogP contribution in [0.3, 0.4) is 0 Å². The first-order chi connectivity index (χ1) is 19.1. The molecule has 40 heavy (non-hydrogen) atoms. The molecule has 0 atom stereocenters. The maximum absolute atomic E-state index is 13.0. The first-order valence-corrected chi connectivity index (χ1v) is 13.0. The minimum atomic E-state index is -4.42. The Kier molecular flexibility index (Phi) is 7.34. The van der Waals surface area contributed by atoms with E-state index in [0.717, 1.165) is 23.3 Å². The summed E-state index contributed by atoms with van der Waals surface area (Å²) in [6.45, 7) is 2.78. The predicted molar refractivity (Wildman–Crippen MR) is 147 cm³/mol. The number of anilines is 4. The number of nitrogens with two attached hydrogens (primary N) is 1. The molecule has 4 aromatic rings. The number of carbonyl (C=O) groups is 1. The second-order valence-electron chi connectivity index (χ2n) is 8.99. The fourth-order valence-electron chi connectivity index (χ4n) is 4.14. The molecule has 208 valence electrons. The third kappa shape index (κ3) is 5.86. The van der Waals surface area contributed by atoms with Crippen molar-refractivity contribution < 1.29 is 22.7 Å². The minimum absolute atomic E-state index is 0.0123. The first kappa shape index (κ1) is 27.0. The van der Waals surface area contributed by atoms with Gasteiger partial charge in [0.15, 0.2) is 5.13 Å². The molecule has 3 heterocycles. The zero-order valence-electron chi connectivity index (χ0n) is 21.1. The van der Waals surface area contributed by atoms with Gasteiger partial charge in [0.05, 0.1) is 17.8 Å². The standard InChI is InChI=1S/C26H24F3N7O3S/c1-14-9-16(5-6-19(14)39-12-15-3-2-4-17(10-15)26(27,28)29)18-13-40-25(33-18)34-20(37)11-32-21-22(30)36-8-7-31-24(36)35-23(21)38/h2-6,9-10,13,32H,7-8,11-12,30H2,1H3,(H,31,35,38)(H,33,34,37). The molecular formula is C26H24F3N7O3S. The molecule has 2 aromatic heterocycles. The molecule has 5 rings (SSSR count). The van der Waals surface area contributed by atoms with Gasteiger partial charge in [0.2, 0.25) is 11.9 Å². The Morgan fingerprint density at radius 3 is 2.83 bits per heavy atom. The number of fused-ring (bicyclic) bond motifs is 1. The lowest BCUT2D eigenvalue weighted by Crippen LogP contribution is -2.27. The average molecular weight is 572 g/mol. The van der Waals surface area contributed by atoms with E-state index in [0.29, 0.717) is 41.2 Å². The van der Waals surface area contributed by atoms with E-state index in [-0.39, 0.29) is 24.7 Å². The Balaban J connectivity index is 1.19. The van der Waals surface area contributed by atoms with Gasteiger partial charge in [-0.25, -0.2) is 4.98 Å². The van der Waals surface area contributed by atoms with Crippen molar-refractivity contribution in [3.8, 4) is 17.0 Å². The van der Waals surface area contributed by atoms with Crippen LogP contribution in [0.4, 0.5) is 35.8 Å². The van der Waals surface area contributed by atoms with Crippen molar-refractivity contribution in [2.45, 2.75) is 26.3 Å². The third-order valence-electron chi connectivity index (χ3n) is 6.14. The summed E-state index contributed by atoms with van der Waals surface area (Å²) in [6.07, 6.45) is -4.42. The van der Waals surface area contributed by atoms with Crippen LogP contribution in [-0.4, -0.2) is 33.5 Å². The van der Waals surface area contributed by atoms with Crippen LogP contribution in [0.1, 0.15) is 16.7 Å². The summed E-state index contributed by atoms with van der Waals surface area (Å²) in [5, 5.41) is 10.6. The molecular weight excluding hydrogens is 547 g/mol. The van der Waals surface area contributed by atoms with E-state index in [2.05, 4.69) is 25.9 Å². The number of nitrogen functional groups attached to an aromatic ring is 1. The number of rotatable bonds is 8. The summed E-state index contributed by atoms with van der Waals surface area (Å²) < 4.78 is 46.3. The molecule has 5 N–H and O–H groups in total. The number of hydrogen-bond acceptors (Lipinski definition) is 9. The van der Waals surface area contributed by atoms with Crippen LogP contribution >= 0.6 is 11.3 Å². The van der Waals surface area contributed by atoms with Gasteiger partial charge < -0.3 is 26.4 Å². The van der Waals surface area contributed by atoms with Crippen molar-refractivity contribution in [3.63, 3.8) is 0 Å². The highest BCUT2D eigenvalue weighted by Gasteiger charge is 2.30. The molecule has 0 bridgehead atoms. The highest BCUT2D eigenvalue weighted by Crippen LogP contribution is 2.31. The zero-order valence-corrected chi connectivity index (χ0v) is 21.9. The number of nitrogens with zero attached hydrogens (tertiary/aromatic N) is 3. The maximum Gasteiger partial charge on any atom is 0.416 e. The molecule has 0 fully saturated rings. The van der Waals surface area contributed by atoms with Crippen LogP contribution in [0.25, 0.3) is 11.3 Å².